The molecule has 0 aromatic heterocycles. The first-order valence-corrected chi connectivity index (χ1v) is 6.66. The van der Waals surface area contributed by atoms with Crippen LogP contribution in [0.5, 0.6) is 0 Å². The largest absolute Gasteiger partial charge is 0.325 e. The van der Waals surface area contributed by atoms with Gasteiger partial charge in [-0.05, 0) is 24.3 Å². The zero-order chi connectivity index (χ0) is 11.2. The summed E-state index contributed by atoms with van der Waals surface area (Å²) in [7, 11) is 0. The van der Waals surface area contributed by atoms with Gasteiger partial charge in [0.2, 0.25) is 5.91 Å². The lowest BCUT2D eigenvalue weighted by Gasteiger charge is -2.11. The number of benzene rings is 1. The molecular weight excluding hydrogens is 220 g/mol. The predicted molar refractivity (Wildman–Crippen MR) is 68.8 cm³/mol. The first-order chi connectivity index (χ1) is 7.84. The summed E-state index contributed by atoms with van der Waals surface area (Å²) in [4.78, 5) is 11.6. The van der Waals surface area contributed by atoms with Crippen molar-refractivity contribution >= 4 is 23.4 Å². The summed E-state index contributed by atoms with van der Waals surface area (Å²) >= 11 is 1.94. The first kappa shape index (κ1) is 11.5. The van der Waals surface area contributed by atoms with Crippen LogP contribution in [0.1, 0.15) is 6.42 Å². The Kier molecular flexibility index (Phi) is 4.25. The normalized spacial score (nSPS) is 19.6. The average molecular weight is 236 g/mol. The molecule has 16 heavy (non-hydrogen) atoms. The van der Waals surface area contributed by atoms with E-state index < -0.39 is 0 Å². The molecule has 0 saturated carbocycles. The second-order valence-electron chi connectivity index (χ2n) is 3.86. The summed E-state index contributed by atoms with van der Waals surface area (Å²) in [6.45, 7) is 0.403. The molecule has 4 heteroatoms. The zero-order valence-corrected chi connectivity index (χ0v) is 9.93. The minimum atomic E-state index is 0.0306. The van der Waals surface area contributed by atoms with E-state index >= 15 is 0 Å². The quantitative estimate of drug-likeness (QED) is 0.836. The highest BCUT2D eigenvalue weighted by Gasteiger charge is 2.15. The van der Waals surface area contributed by atoms with Crippen molar-refractivity contribution in [2.75, 3.05) is 23.4 Å². The molecule has 0 bridgehead atoms. The third-order valence-electron chi connectivity index (χ3n) is 2.54. The standard InChI is InChI=1S/C12H16N2OS/c15-12(8-13-11-6-7-16-9-11)14-10-4-2-1-3-5-10/h1-5,11,13H,6-9H2,(H,14,15). The van der Waals surface area contributed by atoms with E-state index in [1.54, 1.807) is 0 Å². The van der Waals surface area contributed by atoms with E-state index in [1.807, 2.05) is 42.1 Å². The maximum atomic E-state index is 11.6. The van der Waals surface area contributed by atoms with Gasteiger partial charge >= 0.3 is 0 Å². The number of para-hydroxylation sites is 1. The van der Waals surface area contributed by atoms with Crippen molar-refractivity contribution in [1.82, 2.24) is 5.32 Å². The molecule has 1 atom stereocenters. The van der Waals surface area contributed by atoms with Crippen molar-refractivity contribution in [3.05, 3.63) is 30.3 Å². The van der Waals surface area contributed by atoms with Crippen LogP contribution >= 0.6 is 11.8 Å². The van der Waals surface area contributed by atoms with Crippen LogP contribution in [-0.4, -0.2) is 30.0 Å². The molecule has 0 spiro atoms. The van der Waals surface area contributed by atoms with Gasteiger partial charge in [0.25, 0.3) is 0 Å². The Morgan fingerprint density at radius 1 is 1.38 bits per heavy atom. The van der Waals surface area contributed by atoms with E-state index in [-0.39, 0.29) is 5.91 Å². The van der Waals surface area contributed by atoms with Crippen LogP contribution < -0.4 is 10.6 Å². The third kappa shape index (κ3) is 3.54. The van der Waals surface area contributed by atoms with Crippen LogP contribution in [0.4, 0.5) is 5.69 Å². The molecule has 0 radical (unpaired) electrons. The van der Waals surface area contributed by atoms with Crippen LogP contribution in [0.15, 0.2) is 30.3 Å². The van der Waals surface area contributed by atoms with E-state index in [9.17, 15) is 4.79 Å². The number of hydrogen-bond donors (Lipinski definition) is 2. The fourth-order valence-electron chi connectivity index (χ4n) is 1.66. The van der Waals surface area contributed by atoms with Gasteiger partial charge in [-0.2, -0.15) is 11.8 Å². The van der Waals surface area contributed by atoms with Gasteiger partial charge in [-0.3, -0.25) is 4.79 Å². The molecule has 1 aliphatic rings. The Labute approximate surface area is 100.0 Å². The summed E-state index contributed by atoms with van der Waals surface area (Å²) in [5.74, 6) is 2.36. The molecule has 1 unspecified atom stereocenters. The summed E-state index contributed by atoms with van der Waals surface area (Å²) in [5, 5.41) is 6.13. The van der Waals surface area contributed by atoms with Gasteiger partial charge in [-0.25, -0.2) is 0 Å². The highest BCUT2D eigenvalue weighted by Crippen LogP contribution is 2.16. The second kappa shape index (κ2) is 5.92. The first-order valence-electron chi connectivity index (χ1n) is 5.50. The van der Waals surface area contributed by atoms with Crippen molar-refractivity contribution < 1.29 is 4.79 Å². The molecule has 1 saturated heterocycles. The van der Waals surface area contributed by atoms with Crippen LogP contribution in [0, 0.1) is 0 Å². The van der Waals surface area contributed by atoms with Crippen molar-refractivity contribution in [3.63, 3.8) is 0 Å². The fourth-order valence-corrected chi connectivity index (χ4v) is 2.85. The molecule has 86 valence electrons. The Hall–Kier alpha value is -1.00. The van der Waals surface area contributed by atoms with Gasteiger partial charge in [0.1, 0.15) is 0 Å². The molecular formula is C12H16N2OS. The lowest BCUT2D eigenvalue weighted by atomic mass is 10.2. The molecule has 3 nitrogen and oxygen atoms in total. The Morgan fingerprint density at radius 3 is 2.88 bits per heavy atom. The van der Waals surface area contributed by atoms with E-state index in [2.05, 4.69) is 10.6 Å². The number of thioether (sulfide) groups is 1. The van der Waals surface area contributed by atoms with E-state index in [1.165, 1.54) is 12.2 Å². The molecule has 1 aromatic rings. The van der Waals surface area contributed by atoms with Crippen molar-refractivity contribution in [1.29, 1.82) is 0 Å². The summed E-state index contributed by atoms with van der Waals surface area (Å²) < 4.78 is 0. The van der Waals surface area contributed by atoms with Crippen LogP contribution in [0.25, 0.3) is 0 Å². The minimum absolute atomic E-state index is 0.0306. The minimum Gasteiger partial charge on any atom is -0.325 e. The molecule has 2 N–H and O–H groups in total. The Balaban J connectivity index is 1.72. The SMILES string of the molecule is O=C(CNC1CCSC1)Nc1ccccc1. The number of carbonyl (C=O) groups excluding carboxylic acids is 1. The van der Waals surface area contributed by atoms with Crippen molar-refractivity contribution in [2.24, 2.45) is 0 Å². The molecule has 0 aliphatic carbocycles. The third-order valence-corrected chi connectivity index (χ3v) is 3.70. The molecule has 1 fully saturated rings. The molecule has 2 rings (SSSR count). The van der Waals surface area contributed by atoms with Gasteiger partial charge in [0.15, 0.2) is 0 Å². The van der Waals surface area contributed by atoms with Crippen molar-refractivity contribution in [2.45, 2.75) is 12.5 Å². The Bertz CT molecular complexity index is 336. The van der Waals surface area contributed by atoms with Gasteiger partial charge in [0, 0.05) is 17.5 Å². The van der Waals surface area contributed by atoms with Gasteiger partial charge in [0.05, 0.1) is 6.54 Å². The van der Waals surface area contributed by atoms with E-state index in [4.69, 9.17) is 0 Å². The number of carbonyl (C=O) groups is 1. The zero-order valence-electron chi connectivity index (χ0n) is 9.11. The lowest BCUT2D eigenvalue weighted by molar-refractivity contribution is -0.115. The topological polar surface area (TPSA) is 41.1 Å². The van der Waals surface area contributed by atoms with Gasteiger partial charge in [-0.15, -0.1) is 0 Å². The maximum Gasteiger partial charge on any atom is 0.238 e. The summed E-state index contributed by atoms with van der Waals surface area (Å²) in [5.41, 5.74) is 0.857. The number of anilines is 1. The smallest absolute Gasteiger partial charge is 0.238 e. The molecule has 1 amide bonds. The second-order valence-corrected chi connectivity index (χ2v) is 5.01. The number of hydrogen-bond acceptors (Lipinski definition) is 3. The number of rotatable bonds is 4. The predicted octanol–water partition coefficient (Wildman–Crippen LogP) is 1.72. The molecule has 1 aromatic carbocycles. The van der Waals surface area contributed by atoms with Crippen LogP contribution in [-0.2, 0) is 4.79 Å². The fraction of sp³-hybridized carbons (Fsp3) is 0.417. The monoisotopic (exact) mass is 236 g/mol. The van der Waals surface area contributed by atoms with E-state index in [0.29, 0.717) is 12.6 Å². The lowest BCUT2D eigenvalue weighted by Crippen LogP contribution is -2.36. The van der Waals surface area contributed by atoms with Gasteiger partial charge < -0.3 is 10.6 Å². The van der Waals surface area contributed by atoms with Crippen LogP contribution in [0.3, 0.4) is 0 Å². The summed E-state index contributed by atoms with van der Waals surface area (Å²) in [6, 6.07) is 10.1. The average Bonchev–Trinajstić information content (AvgIpc) is 2.81. The highest BCUT2D eigenvalue weighted by atomic mass is 32.2. The van der Waals surface area contributed by atoms with E-state index in [0.717, 1.165) is 11.4 Å². The highest BCUT2D eigenvalue weighted by molar-refractivity contribution is 7.99. The number of amides is 1. The van der Waals surface area contributed by atoms with Gasteiger partial charge in [-0.1, -0.05) is 18.2 Å². The summed E-state index contributed by atoms with van der Waals surface area (Å²) in [6.07, 6.45) is 1.17. The van der Waals surface area contributed by atoms with Crippen LogP contribution in [0.2, 0.25) is 0 Å². The van der Waals surface area contributed by atoms with Crippen molar-refractivity contribution in [3.8, 4) is 0 Å². The number of nitrogens with one attached hydrogen (secondary N) is 2. The Morgan fingerprint density at radius 2 is 2.19 bits per heavy atom. The maximum absolute atomic E-state index is 11.6. The molecule has 1 aliphatic heterocycles. The molecule has 1 heterocycles.